The van der Waals surface area contributed by atoms with E-state index in [1.165, 1.54) is 11.1 Å². The topological polar surface area (TPSA) is 51.8 Å². The van der Waals surface area contributed by atoms with Gasteiger partial charge in [-0.3, -0.25) is 0 Å². The molecule has 0 aliphatic rings. The lowest BCUT2D eigenvalue weighted by Crippen LogP contribution is -2.23. The first kappa shape index (κ1) is 15.0. The van der Waals surface area contributed by atoms with Gasteiger partial charge in [-0.2, -0.15) is 0 Å². The van der Waals surface area contributed by atoms with Gasteiger partial charge < -0.3 is 5.73 Å². The molecule has 0 fully saturated rings. The number of aryl methyl sites for hydroxylation is 3. The fourth-order valence-electron chi connectivity index (χ4n) is 2.19. The monoisotopic (exact) mass is 287 g/mol. The minimum atomic E-state index is 0.0335. The first-order valence-corrected chi connectivity index (χ1v) is 7.65. The van der Waals surface area contributed by atoms with E-state index in [1.807, 2.05) is 26.8 Å². The summed E-state index contributed by atoms with van der Waals surface area (Å²) in [7, 11) is 0. The van der Waals surface area contributed by atoms with Gasteiger partial charge in [0.1, 0.15) is 0 Å². The molecule has 2 rings (SSSR count). The van der Waals surface area contributed by atoms with Crippen molar-refractivity contribution in [2.75, 3.05) is 0 Å². The number of thioether (sulfide) groups is 1. The second-order valence-corrected chi connectivity index (χ2v) is 6.35. The maximum atomic E-state index is 6.17. The van der Waals surface area contributed by atoms with Gasteiger partial charge in [0.15, 0.2) is 5.16 Å². The highest BCUT2D eigenvalue weighted by molar-refractivity contribution is 7.99. The molecule has 0 bridgehead atoms. The summed E-state index contributed by atoms with van der Waals surface area (Å²) in [5.74, 6) is 0. The Balaban J connectivity index is 2.30. The fraction of sp³-hybridized carbons (Fsp3) is 0.375. The summed E-state index contributed by atoms with van der Waals surface area (Å²) in [6.45, 7) is 8.11. The molecule has 0 radical (unpaired) electrons. The Morgan fingerprint density at radius 2 is 1.70 bits per heavy atom. The molecule has 0 amide bonds. The van der Waals surface area contributed by atoms with Crippen molar-refractivity contribution in [3.63, 3.8) is 0 Å². The maximum Gasteiger partial charge on any atom is 0.188 e. The molecule has 2 unspecified atom stereocenters. The van der Waals surface area contributed by atoms with E-state index in [9.17, 15) is 0 Å². The summed E-state index contributed by atoms with van der Waals surface area (Å²) in [5.41, 5.74) is 10.6. The van der Waals surface area contributed by atoms with E-state index in [4.69, 9.17) is 5.73 Å². The molecule has 106 valence electrons. The molecule has 2 N–H and O–H groups in total. The summed E-state index contributed by atoms with van der Waals surface area (Å²) >= 11 is 1.64. The van der Waals surface area contributed by atoms with Gasteiger partial charge in [-0.1, -0.05) is 41.6 Å². The molecule has 1 aromatic carbocycles. The van der Waals surface area contributed by atoms with Crippen LogP contribution >= 0.6 is 11.8 Å². The van der Waals surface area contributed by atoms with Gasteiger partial charge in [0, 0.05) is 17.4 Å². The van der Waals surface area contributed by atoms with E-state index in [2.05, 4.69) is 41.2 Å². The number of nitrogens with two attached hydrogens (primary N) is 1. The molecular formula is C16H21N3S. The van der Waals surface area contributed by atoms with Gasteiger partial charge in [0.25, 0.3) is 0 Å². The van der Waals surface area contributed by atoms with Crippen LogP contribution in [0.1, 0.15) is 34.7 Å². The Labute approximate surface area is 125 Å². The molecule has 20 heavy (non-hydrogen) atoms. The Morgan fingerprint density at radius 3 is 2.25 bits per heavy atom. The van der Waals surface area contributed by atoms with Gasteiger partial charge in [0.05, 0.1) is 5.25 Å². The SMILES string of the molecule is Cc1cccc(C(Sc2nc(C)cc(C)n2)C(C)N)c1. The van der Waals surface area contributed by atoms with Crippen LogP contribution in [-0.2, 0) is 0 Å². The molecule has 0 saturated carbocycles. The van der Waals surface area contributed by atoms with Crippen LogP contribution in [0.25, 0.3) is 0 Å². The minimum absolute atomic E-state index is 0.0335. The number of hydrogen-bond acceptors (Lipinski definition) is 4. The largest absolute Gasteiger partial charge is 0.327 e. The van der Waals surface area contributed by atoms with E-state index in [0.29, 0.717) is 0 Å². The quantitative estimate of drug-likeness (QED) is 0.690. The summed E-state index contributed by atoms with van der Waals surface area (Å²) in [6.07, 6.45) is 0. The van der Waals surface area contributed by atoms with Gasteiger partial charge in [-0.15, -0.1) is 0 Å². The van der Waals surface area contributed by atoms with Crippen LogP contribution in [0.15, 0.2) is 35.5 Å². The molecular weight excluding hydrogens is 266 g/mol. The van der Waals surface area contributed by atoms with Crippen molar-refractivity contribution in [2.45, 2.75) is 44.1 Å². The summed E-state index contributed by atoms with van der Waals surface area (Å²) in [5, 5.41) is 0.961. The first-order valence-electron chi connectivity index (χ1n) is 6.77. The van der Waals surface area contributed by atoms with Crippen molar-refractivity contribution in [2.24, 2.45) is 5.73 Å². The molecule has 0 aliphatic carbocycles. The molecule has 4 heteroatoms. The Hall–Kier alpha value is -1.39. The summed E-state index contributed by atoms with van der Waals surface area (Å²) in [6, 6.07) is 10.5. The predicted octanol–water partition coefficient (Wildman–Crippen LogP) is 3.58. The molecule has 3 nitrogen and oxygen atoms in total. The summed E-state index contributed by atoms with van der Waals surface area (Å²) < 4.78 is 0. The molecule has 1 heterocycles. The summed E-state index contributed by atoms with van der Waals surface area (Å²) in [4.78, 5) is 9.00. The lowest BCUT2D eigenvalue weighted by atomic mass is 10.0. The highest BCUT2D eigenvalue weighted by atomic mass is 32.2. The first-order chi connectivity index (χ1) is 9.45. The van der Waals surface area contributed by atoms with E-state index in [1.54, 1.807) is 11.8 Å². The lowest BCUT2D eigenvalue weighted by Gasteiger charge is -2.20. The number of benzene rings is 1. The molecule has 2 atom stereocenters. The van der Waals surface area contributed by atoms with Crippen LogP contribution in [0.5, 0.6) is 0 Å². The average Bonchev–Trinajstić information content (AvgIpc) is 2.34. The molecule has 0 spiro atoms. The van der Waals surface area contributed by atoms with E-state index in [-0.39, 0.29) is 11.3 Å². The zero-order valence-corrected chi connectivity index (χ0v) is 13.2. The standard InChI is InChI=1S/C16H21N3S/c1-10-6-5-7-14(8-10)15(13(4)17)20-16-18-11(2)9-12(3)19-16/h5-9,13,15H,17H2,1-4H3. The highest BCUT2D eigenvalue weighted by Crippen LogP contribution is 2.35. The third kappa shape index (κ3) is 3.81. The van der Waals surface area contributed by atoms with Crippen LogP contribution < -0.4 is 5.73 Å². The van der Waals surface area contributed by atoms with Crippen LogP contribution in [-0.4, -0.2) is 16.0 Å². The van der Waals surface area contributed by atoms with Crippen molar-refractivity contribution in [3.8, 4) is 0 Å². The van der Waals surface area contributed by atoms with E-state index >= 15 is 0 Å². The second kappa shape index (κ2) is 6.37. The minimum Gasteiger partial charge on any atom is -0.327 e. The van der Waals surface area contributed by atoms with Crippen molar-refractivity contribution in [1.82, 2.24) is 9.97 Å². The molecule has 0 aliphatic heterocycles. The molecule has 1 aromatic heterocycles. The van der Waals surface area contributed by atoms with Crippen molar-refractivity contribution >= 4 is 11.8 Å². The third-order valence-corrected chi connectivity index (χ3v) is 4.39. The maximum absolute atomic E-state index is 6.17. The van der Waals surface area contributed by atoms with Gasteiger partial charge in [0.2, 0.25) is 0 Å². The number of aromatic nitrogens is 2. The smallest absolute Gasteiger partial charge is 0.188 e. The second-order valence-electron chi connectivity index (χ2n) is 5.24. The normalized spacial score (nSPS) is 14.1. The molecule has 2 aromatic rings. The Bertz CT molecular complexity index is 576. The van der Waals surface area contributed by atoms with Crippen LogP contribution in [0, 0.1) is 20.8 Å². The Kier molecular flexibility index (Phi) is 4.78. The zero-order valence-electron chi connectivity index (χ0n) is 12.4. The van der Waals surface area contributed by atoms with Crippen molar-refractivity contribution in [1.29, 1.82) is 0 Å². The average molecular weight is 287 g/mol. The molecule has 0 saturated heterocycles. The highest BCUT2D eigenvalue weighted by Gasteiger charge is 2.19. The van der Waals surface area contributed by atoms with Gasteiger partial charge >= 0.3 is 0 Å². The zero-order chi connectivity index (χ0) is 14.7. The lowest BCUT2D eigenvalue weighted by molar-refractivity contribution is 0.716. The third-order valence-electron chi connectivity index (χ3n) is 3.04. The van der Waals surface area contributed by atoms with Crippen LogP contribution in [0.3, 0.4) is 0 Å². The number of nitrogens with zero attached hydrogens (tertiary/aromatic N) is 2. The van der Waals surface area contributed by atoms with Gasteiger partial charge in [-0.25, -0.2) is 9.97 Å². The Morgan fingerprint density at radius 1 is 1.05 bits per heavy atom. The van der Waals surface area contributed by atoms with Crippen LogP contribution in [0.2, 0.25) is 0 Å². The number of rotatable bonds is 4. The van der Waals surface area contributed by atoms with Crippen molar-refractivity contribution < 1.29 is 0 Å². The van der Waals surface area contributed by atoms with Crippen molar-refractivity contribution in [3.05, 3.63) is 52.8 Å². The van der Waals surface area contributed by atoms with Gasteiger partial charge in [-0.05, 0) is 39.3 Å². The van der Waals surface area contributed by atoms with E-state index < -0.39 is 0 Å². The number of hydrogen-bond donors (Lipinski definition) is 1. The van der Waals surface area contributed by atoms with Crippen LogP contribution in [0.4, 0.5) is 0 Å². The van der Waals surface area contributed by atoms with E-state index in [0.717, 1.165) is 16.5 Å². The fourth-order valence-corrected chi connectivity index (χ4v) is 3.30. The predicted molar refractivity (Wildman–Crippen MR) is 84.9 cm³/mol.